The van der Waals surface area contributed by atoms with Crippen LogP contribution in [0.15, 0.2) is 12.1 Å². The van der Waals surface area contributed by atoms with Crippen molar-refractivity contribution in [2.24, 2.45) is 0 Å². The first kappa shape index (κ1) is 10.1. The first-order valence-electron chi connectivity index (χ1n) is 3.48. The number of rotatable bonds is 1. The summed E-state index contributed by atoms with van der Waals surface area (Å²) in [5.74, 6) is 0.437. The second-order valence-electron chi connectivity index (χ2n) is 2.30. The molecule has 0 N–H and O–H groups in total. The maximum absolute atomic E-state index is 5.77. The molecular weight excluding hydrogens is 265 g/mol. The summed E-state index contributed by atoms with van der Waals surface area (Å²) in [6.07, 6.45) is 0. The van der Waals surface area contributed by atoms with Gasteiger partial charge in [-0.25, -0.2) is 0 Å². The predicted octanol–water partition coefficient (Wildman–Crippen LogP) is 3.56. The lowest BCUT2D eigenvalue weighted by atomic mass is 10.4. The average Bonchev–Trinajstić information content (AvgIpc) is 2.50. The van der Waals surface area contributed by atoms with E-state index in [4.69, 9.17) is 34.8 Å². The topological polar surface area (TPSA) is 38.7 Å². The zero-order valence-electron chi connectivity index (χ0n) is 6.54. The van der Waals surface area contributed by atoms with Gasteiger partial charge in [-0.1, -0.05) is 11.6 Å². The molecular formula is C7H2Cl3N3S. The van der Waals surface area contributed by atoms with Crippen LogP contribution in [0.4, 0.5) is 0 Å². The van der Waals surface area contributed by atoms with E-state index in [0.29, 0.717) is 10.2 Å². The molecule has 0 fully saturated rings. The molecule has 72 valence electrons. The molecule has 2 heterocycles. The van der Waals surface area contributed by atoms with Crippen LogP contribution in [0.2, 0.25) is 14.9 Å². The van der Waals surface area contributed by atoms with Crippen molar-refractivity contribution in [1.82, 2.24) is 15.0 Å². The quantitative estimate of drug-likeness (QED) is 0.792. The zero-order valence-corrected chi connectivity index (χ0v) is 9.62. The molecule has 0 unspecified atom stereocenters. The van der Waals surface area contributed by atoms with Gasteiger partial charge in [0.25, 0.3) is 0 Å². The summed E-state index contributed by atoms with van der Waals surface area (Å²) in [7, 11) is 0. The molecule has 14 heavy (non-hydrogen) atoms. The molecule has 0 spiro atoms. The summed E-state index contributed by atoms with van der Waals surface area (Å²) in [5.41, 5.74) is 0. The van der Waals surface area contributed by atoms with Gasteiger partial charge in [0.15, 0.2) is 5.82 Å². The molecule has 0 aliphatic rings. The molecule has 0 aliphatic heterocycles. The third kappa shape index (κ3) is 2.15. The minimum absolute atomic E-state index is 0.0736. The van der Waals surface area contributed by atoms with Crippen LogP contribution < -0.4 is 0 Å². The largest absolute Gasteiger partial charge is 0.227 e. The minimum atomic E-state index is 0.0736. The van der Waals surface area contributed by atoms with Crippen LogP contribution in [-0.2, 0) is 0 Å². The maximum Gasteiger partial charge on any atom is 0.227 e. The molecule has 0 radical (unpaired) electrons. The number of hydrogen-bond donors (Lipinski definition) is 0. The van der Waals surface area contributed by atoms with Crippen LogP contribution in [0.3, 0.4) is 0 Å². The Morgan fingerprint density at radius 3 is 2.07 bits per heavy atom. The monoisotopic (exact) mass is 265 g/mol. The van der Waals surface area contributed by atoms with Crippen molar-refractivity contribution in [2.45, 2.75) is 0 Å². The van der Waals surface area contributed by atoms with Crippen molar-refractivity contribution in [1.29, 1.82) is 0 Å². The molecule has 0 saturated carbocycles. The highest BCUT2D eigenvalue weighted by Crippen LogP contribution is 2.29. The van der Waals surface area contributed by atoms with Crippen molar-refractivity contribution in [3.05, 3.63) is 27.0 Å². The van der Waals surface area contributed by atoms with Crippen LogP contribution in [0.1, 0.15) is 0 Å². The van der Waals surface area contributed by atoms with Gasteiger partial charge < -0.3 is 0 Å². The zero-order chi connectivity index (χ0) is 10.1. The minimum Gasteiger partial charge on any atom is -0.197 e. The Kier molecular flexibility index (Phi) is 2.88. The highest BCUT2D eigenvalue weighted by Gasteiger charge is 2.07. The van der Waals surface area contributed by atoms with Crippen molar-refractivity contribution in [3.63, 3.8) is 0 Å². The molecule has 0 saturated heterocycles. The van der Waals surface area contributed by atoms with Crippen LogP contribution in [-0.4, -0.2) is 15.0 Å². The third-order valence-electron chi connectivity index (χ3n) is 1.37. The molecule has 3 nitrogen and oxygen atoms in total. The van der Waals surface area contributed by atoms with E-state index < -0.39 is 0 Å². The summed E-state index contributed by atoms with van der Waals surface area (Å²) in [4.78, 5) is 12.3. The fourth-order valence-electron chi connectivity index (χ4n) is 0.871. The summed E-state index contributed by atoms with van der Waals surface area (Å²) in [5, 5.41) is 0.147. The fraction of sp³-hybridized carbons (Fsp3) is 0. The van der Waals surface area contributed by atoms with Crippen molar-refractivity contribution >= 4 is 46.1 Å². The van der Waals surface area contributed by atoms with Gasteiger partial charge in [0.2, 0.25) is 10.6 Å². The lowest BCUT2D eigenvalue weighted by Crippen LogP contribution is -1.91. The number of hydrogen-bond acceptors (Lipinski definition) is 4. The number of nitrogens with zero attached hydrogens (tertiary/aromatic N) is 3. The van der Waals surface area contributed by atoms with E-state index in [1.54, 1.807) is 12.1 Å². The van der Waals surface area contributed by atoms with Gasteiger partial charge >= 0.3 is 0 Å². The van der Waals surface area contributed by atoms with E-state index in [1.807, 2.05) is 0 Å². The van der Waals surface area contributed by atoms with Crippen molar-refractivity contribution < 1.29 is 0 Å². The Hall–Kier alpha value is -0.420. The Morgan fingerprint density at radius 2 is 1.57 bits per heavy atom. The smallest absolute Gasteiger partial charge is 0.197 e. The van der Waals surface area contributed by atoms with E-state index in [9.17, 15) is 0 Å². The van der Waals surface area contributed by atoms with Crippen LogP contribution >= 0.6 is 46.1 Å². The Bertz CT molecular complexity index is 451. The molecule has 7 heteroatoms. The van der Waals surface area contributed by atoms with Crippen molar-refractivity contribution in [2.75, 3.05) is 0 Å². The van der Waals surface area contributed by atoms with Crippen LogP contribution in [0, 0.1) is 0 Å². The Morgan fingerprint density at radius 1 is 0.929 bits per heavy atom. The predicted molar refractivity (Wildman–Crippen MR) is 58.2 cm³/mol. The van der Waals surface area contributed by atoms with Crippen molar-refractivity contribution in [3.8, 4) is 10.7 Å². The number of thiophene rings is 1. The second-order valence-corrected chi connectivity index (χ2v) is 4.69. The standard InChI is InChI=1S/C7H2Cl3N3S/c8-4-2-1-3(14-4)5-11-6(9)13-7(10)12-5/h1-2H. The molecule has 2 aromatic rings. The molecule has 0 amide bonds. The van der Waals surface area contributed by atoms with Gasteiger partial charge in [0.05, 0.1) is 9.21 Å². The van der Waals surface area contributed by atoms with Crippen LogP contribution in [0.5, 0.6) is 0 Å². The lowest BCUT2D eigenvalue weighted by Gasteiger charge is -1.96. The van der Waals surface area contributed by atoms with Gasteiger partial charge in [-0.05, 0) is 35.3 Å². The van der Waals surface area contributed by atoms with E-state index in [-0.39, 0.29) is 10.6 Å². The van der Waals surface area contributed by atoms with Gasteiger partial charge in [0, 0.05) is 0 Å². The van der Waals surface area contributed by atoms with E-state index in [1.165, 1.54) is 11.3 Å². The van der Waals surface area contributed by atoms with E-state index in [0.717, 1.165) is 4.88 Å². The van der Waals surface area contributed by atoms with E-state index in [2.05, 4.69) is 15.0 Å². The molecule has 0 bridgehead atoms. The molecule has 2 rings (SSSR count). The first-order chi connectivity index (χ1) is 6.65. The van der Waals surface area contributed by atoms with Gasteiger partial charge in [-0.2, -0.15) is 15.0 Å². The normalized spacial score (nSPS) is 10.5. The molecule has 2 aromatic heterocycles. The highest BCUT2D eigenvalue weighted by atomic mass is 35.5. The molecule has 0 aromatic carbocycles. The Labute approximate surface area is 98.7 Å². The summed E-state index contributed by atoms with van der Waals surface area (Å²) in [6.45, 7) is 0. The Balaban J connectivity index is 2.51. The highest BCUT2D eigenvalue weighted by molar-refractivity contribution is 7.19. The van der Waals surface area contributed by atoms with Gasteiger partial charge in [0.1, 0.15) is 0 Å². The SMILES string of the molecule is Clc1nc(Cl)nc(-c2ccc(Cl)s2)n1. The van der Waals surface area contributed by atoms with Crippen LogP contribution in [0.25, 0.3) is 10.7 Å². The fourth-order valence-corrected chi connectivity index (χ4v) is 2.21. The summed E-state index contributed by atoms with van der Waals surface area (Å²) < 4.78 is 0.660. The lowest BCUT2D eigenvalue weighted by molar-refractivity contribution is 1.06. The molecule has 0 aliphatic carbocycles. The average molecular weight is 267 g/mol. The first-order valence-corrected chi connectivity index (χ1v) is 5.43. The third-order valence-corrected chi connectivity index (χ3v) is 2.94. The van der Waals surface area contributed by atoms with Gasteiger partial charge in [-0.15, -0.1) is 11.3 Å². The maximum atomic E-state index is 5.77. The van der Waals surface area contributed by atoms with Gasteiger partial charge in [-0.3, -0.25) is 0 Å². The summed E-state index contributed by atoms with van der Waals surface area (Å²) >= 11 is 18.4. The number of halogens is 3. The van der Waals surface area contributed by atoms with E-state index >= 15 is 0 Å². The summed E-state index contributed by atoms with van der Waals surface area (Å²) in [6, 6.07) is 3.56. The molecule has 0 atom stereocenters. The second kappa shape index (κ2) is 3.98. The number of aromatic nitrogens is 3.